The van der Waals surface area contributed by atoms with Crippen LogP contribution in [0.5, 0.6) is 5.75 Å². The van der Waals surface area contributed by atoms with Crippen LogP contribution in [-0.4, -0.2) is 19.1 Å². The van der Waals surface area contributed by atoms with Crippen molar-refractivity contribution >= 4 is 11.6 Å². The molecule has 1 aromatic carbocycles. The first-order valence-corrected chi connectivity index (χ1v) is 6.82. The van der Waals surface area contributed by atoms with Gasteiger partial charge in [0, 0.05) is 18.9 Å². The molecule has 1 saturated heterocycles. The number of ether oxygens (including phenoxy) is 1. The number of hydrogen-bond donors (Lipinski definition) is 0. The van der Waals surface area contributed by atoms with Gasteiger partial charge in [0.05, 0.1) is 12.3 Å². The van der Waals surface area contributed by atoms with E-state index in [-0.39, 0.29) is 11.8 Å². The molecule has 0 radical (unpaired) electrons. The predicted octanol–water partition coefficient (Wildman–Crippen LogP) is 3.32. The zero-order valence-corrected chi connectivity index (χ0v) is 11.7. The van der Waals surface area contributed by atoms with Crippen LogP contribution >= 0.6 is 0 Å². The van der Waals surface area contributed by atoms with Gasteiger partial charge in [-0.15, -0.1) is 6.58 Å². The first-order valence-electron chi connectivity index (χ1n) is 6.82. The van der Waals surface area contributed by atoms with Crippen LogP contribution in [0.2, 0.25) is 0 Å². The topological polar surface area (TPSA) is 29.5 Å². The fourth-order valence-corrected chi connectivity index (χ4v) is 2.30. The molecule has 1 amide bonds. The van der Waals surface area contributed by atoms with Gasteiger partial charge in [-0.2, -0.15) is 0 Å². The Balaban J connectivity index is 2.28. The molecule has 0 aliphatic carbocycles. The lowest BCUT2D eigenvalue weighted by Gasteiger charge is -2.20. The van der Waals surface area contributed by atoms with Crippen LogP contribution in [0.4, 0.5) is 5.69 Å². The Morgan fingerprint density at radius 1 is 1.53 bits per heavy atom. The summed E-state index contributed by atoms with van der Waals surface area (Å²) in [5, 5.41) is 0. The van der Waals surface area contributed by atoms with Crippen molar-refractivity contribution in [2.75, 3.05) is 18.1 Å². The summed E-state index contributed by atoms with van der Waals surface area (Å²) in [6.45, 7) is 9.26. The van der Waals surface area contributed by atoms with E-state index in [2.05, 4.69) is 13.5 Å². The molecule has 0 aromatic heterocycles. The van der Waals surface area contributed by atoms with Crippen LogP contribution in [0.1, 0.15) is 25.3 Å². The van der Waals surface area contributed by atoms with Crippen LogP contribution in [0.15, 0.2) is 30.9 Å². The molecule has 3 nitrogen and oxygen atoms in total. The molecule has 3 heteroatoms. The van der Waals surface area contributed by atoms with Gasteiger partial charge in [-0.25, -0.2) is 0 Å². The number of carbonyl (C=O) groups excluding carboxylic acids is 1. The van der Waals surface area contributed by atoms with Gasteiger partial charge in [-0.1, -0.05) is 19.1 Å². The minimum atomic E-state index is 0.148. The summed E-state index contributed by atoms with van der Waals surface area (Å²) in [6, 6.07) is 5.99. The maximum absolute atomic E-state index is 12.1. The van der Waals surface area contributed by atoms with Gasteiger partial charge >= 0.3 is 0 Å². The summed E-state index contributed by atoms with van der Waals surface area (Å²) in [6.07, 6.45) is 3.36. The monoisotopic (exact) mass is 259 g/mol. The third-order valence-electron chi connectivity index (χ3n) is 3.36. The molecule has 19 heavy (non-hydrogen) atoms. The van der Waals surface area contributed by atoms with Crippen LogP contribution in [0.25, 0.3) is 0 Å². The van der Waals surface area contributed by atoms with Crippen molar-refractivity contribution < 1.29 is 9.53 Å². The van der Waals surface area contributed by atoms with E-state index >= 15 is 0 Å². The Labute approximate surface area is 114 Å². The molecular formula is C16H21NO2. The van der Waals surface area contributed by atoms with Crippen molar-refractivity contribution in [2.45, 2.75) is 26.7 Å². The Morgan fingerprint density at radius 3 is 2.95 bits per heavy atom. The third kappa shape index (κ3) is 2.98. The van der Waals surface area contributed by atoms with Gasteiger partial charge in [0.15, 0.2) is 0 Å². The van der Waals surface area contributed by atoms with E-state index < -0.39 is 0 Å². The van der Waals surface area contributed by atoms with E-state index in [0.29, 0.717) is 19.6 Å². The predicted molar refractivity (Wildman–Crippen MR) is 77.6 cm³/mol. The summed E-state index contributed by atoms with van der Waals surface area (Å²) in [7, 11) is 0. The van der Waals surface area contributed by atoms with E-state index in [4.69, 9.17) is 4.74 Å². The molecule has 1 heterocycles. The van der Waals surface area contributed by atoms with Crippen molar-refractivity contribution in [3.63, 3.8) is 0 Å². The fourth-order valence-electron chi connectivity index (χ4n) is 2.30. The first-order chi connectivity index (χ1) is 9.15. The molecule has 1 atom stereocenters. The third-order valence-corrected chi connectivity index (χ3v) is 3.36. The number of aryl methyl sites for hydroxylation is 1. The standard InChI is InChI=1S/C16H21NO2/c1-4-8-19-15-9-12(3)6-7-14(15)17-11-13(5-2)10-16(17)18/h5-7,9,13H,2,4,8,10-11H2,1,3H3. The summed E-state index contributed by atoms with van der Waals surface area (Å²) in [5.74, 6) is 1.20. The Hall–Kier alpha value is -1.77. The van der Waals surface area contributed by atoms with Gasteiger partial charge in [0.2, 0.25) is 5.91 Å². The second-order valence-electron chi connectivity index (χ2n) is 5.02. The summed E-state index contributed by atoms with van der Waals surface area (Å²) < 4.78 is 5.78. The zero-order chi connectivity index (χ0) is 13.8. The van der Waals surface area contributed by atoms with Crippen LogP contribution in [-0.2, 0) is 4.79 Å². The Kier molecular flexibility index (Phi) is 4.25. The highest BCUT2D eigenvalue weighted by atomic mass is 16.5. The number of benzene rings is 1. The van der Waals surface area contributed by atoms with Crippen LogP contribution < -0.4 is 9.64 Å². The molecule has 0 spiro atoms. The van der Waals surface area contributed by atoms with E-state index in [1.54, 1.807) is 0 Å². The van der Waals surface area contributed by atoms with Crippen molar-refractivity contribution in [2.24, 2.45) is 5.92 Å². The fraction of sp³-hybridized carbons (Fsp3) is 0.438. The maximum atomic E-state index is 12.1. The average Bonchev–Trinajstić information content (AvgIpc) is 2.78. The smallest absolute Gasteiger partial charge is 0.227 e. The van der Waals surface area contributed by atoms with Crippen molar-refractivity contribution in [3.05, 3.63) is 36.4 Å². The van der Waals surface area contributed by atoms with Gasteiger partial charge in [-0.05, 0) is 31.0 Å². The molecule has 0 bridgehead atoms. The van der Waals surface area contributed by atoms with E-state index in [9.17, 15) is 4.79 Å². The van der Waals surface area contributed by atoms with E-state index in [1.165, 1.54) is 0 Å². The highest BCUT2D eigenvalue weighted by Crippen LogP contribution is 2.34. The van der Waals surface area contributed by atoms with Gasteiger partial charge in [0.25, 0.3) is 0 Å². The normalized spacial score (nSPS) is 18.7. The largest absolute Gasteiger partial charge is 0.491 e. The van der Waals surface area contributed by atoms with Crippen LogP contribution in [0.3, 0.4) is 0 Å². The number of hydrogen-bond acceptors (Lipinski definition) is 2. The maximum Gasteiger partial charge on any atom is 0.227 e. The second-order valence-corrected chi connectivity index (χ2v) is 5.02. The summed E-state index contributed by atoms with van der Waals surface area (Å²) >= 11 is 0. The lowest BCUT2D eigenvalue weighted by molar-refractivity contribution is -0.117. The lowest BCUT2D eigenvalue weighted by atomic mass is 10.1. The highest BCUT2D eigenvalue weighted by molar-refractivity contribution is 5.97. The minimum Gasteiger partial charge on any atom is -0.491 e. The Morgan fingerprint density at radius 2 is 2.32 bits per heavy atom. The molecule has 1 aromatic rings. The first kappa shape index (κ1) is 13.7. The molecule has 102 valence electrons. The lowest BCUT2D eigenvalue weighted by Crippen LogP contribution is -2.25. The van der Waals surface area contributed by atoms with Crippen molar-refractivity contribution in [1.29, 1.82) is 0 Å². The van der Waals surface area contributed by atoms with Crippen molar-refractivity contribution in [3.8, 4) is 5.75 Å². The van der Waals surface area contributed by atoms with E-state index in [0.717, 1.165) is 23.4 Å². The number of carbonyl (C=O) groups is 1. The number of rotatable bonds is 5. The van der Waals surface area contributed by atoms with Gasteiger partial charge < -0.3 is 9.64 Å². The minimum absolute atomic E-state index is 0.148. The Bertz CT molecular complexity index is 482. The average molecular weight is 259 g/mol. The summed E-state index contributed by atoms with van der Waals surface area (Å²) in [5.41, 5.74) is 2.02. The summed E-state index contributed by atoms with van der Waals surface area (Å²) in [4.78, 5) is 13.9. The van der Waals surface area contributed by atoms with Crippen LogP contribution in [0, 0.1) is 12.8 Å². The molecule has 1 aliphatic rings. The molecule has 0 N–H and O–H groups in total. The van der Waals surface area contributed by atoms with Gasteiger partial charge in [-0.3, -0.25) is 4.79 Å². The molecule has 1 fully saturated rings. The number of anilines is 1. The molecule has 1 aliphatic heterocycles. The number of amides is 1. The second kappa shape index (κ2) is 5.91. The number of nitrogens with zero attached hydrogens (tertiary/aromatic N) is 1. The van der Waals surface area contributed by atoms with Crippen molar-refractivity contribution in [1.82, 2.24) is 0 Å². The SMILES string of the molecule is C=CC1CC(=O)N(c2ccc(C)cc2OCCC)C1. The highest BCUT2D eigenvalue weighted by Gasteiger charge is 2.30. The molecular weight excluding hydrogens is 238 g/mol. The quantitative estimate of drug-likeness (QED) is 0.759. The molecule has 0 saturated carbocycles. The zero-order valence-electron chi connectivity index (χ0n) is 11.7. The van der Waals surface area contributed by atoms with E-state index in [1.807, 2.05) is 36.1 Å². The van der Waals surface area contributed by atoms with Gasteiger partial charge in [0.1, 0.15) is 5.75 Å². The molecule has 1 unspecified atom stereocenters. The molecule has 2 rings (SSSR count).